The number of ether oxygens (including phenoxy) is 1. The van der Waals surface area contributed by atoms with Crippen LogP contribution in [0, 0.1) is 13.8 Å². The monoisotopic (exact) mass is 339 g/mol. The summed E-state index contributed by atoms with van der Waals surface area (Å²) in [6.45, 7) is 5.51. The van der Waals surface area contributed by atoms with E-state index in [0.29, 0.717) is 18.1 Å². The van der Waals surface area contributed by atoms with Gasteiger partial charge in [-0.05, 0) is 50.6 Å². The molecule has 0 fully saturated rings. The fraction of sp³-hybridized carbons (Fsp3) is 0.375. The van der Waals surface area contributed by atoms with Crippen LogP contribution in [-0.4, -0.2) is 26.7 Å². The number of hydrogen-bond donors (Lipinski definition) is 2. The van der Waals surface area contributed by atoms with Crippen molar-refractivity contribution in [2.45, 2.75) is 31.8 Å². The Bertz CT molecular complexity index is 767. The average molecular weight is 339 g/mol. The van der Waals surface area contributed by atoms with Crippen molar-refractivity contribution in [1.82, 2.24) is 4.72 Å². The normalized spacial score (nSPS) is 13.0. The first-order valence-electron chi connectivity index (χ1n) is 7.31. The average Bonchev–Trinajstić information content (AvgIpc) is 2.93. The summed E-state index contributed by atoms with van der Waals surface area (Å²) in [5, 5.41) is 10.0. The zero-order valence-corrected chi connectivity index (χ0v) is 14.2. The fourth-order valence-electron chi connectivity index (χ4n) is 2.10. The van der Waals surface area contributed by atoms with Crippen LogP contribution in [0.15, 0.2) is 39.6 Å². The van der Waals surface area contributed by atoms with Crippen LogP contribution < -0.4 is 9.46 Å². The van der Waals surface area contributed by atoms with E-state index in [4.69, 9.17) is 9.15 Å². The first-order chi connectivity index (χ1) is 10.8. The molecule has 0 spiro atoms. The molecule has 23 heavy (non-hydrogen) atoms. The minimum Gasteiger partial charge on any atom is -0.492 e. The van der Waals surface area contributed by atoms with Crippen LogP contribution >= 0.6 is 0 Å². The highest BCUT2D eigenvalue weighted by atomic mass is 32.2. The van der Waals surface area contributed by atoms with Gasteiger partial charge in [-0.15, -0.1) is 0 Å². The number of aliphatic hydroxyl groups excluding tert-OH is 1. The molecular weight excluding hydrogens is 318 g/mol. The third-order valence-electron chi connectivity index (χ3n) is 3.24. The van der Waals surface area contributed by atoms with Crippen LogP contribution in [0.2, 0.25) is 0 Å². The third kappa shape index (κ3) is 4.34. The van der Waals surface area contributed by atoms with Crippen LogP contribution in [-0.2, 0) is 10.0 Å². The van der Waals surface area contributed by atoms with Gasteiger partial charge in [-0.25, -0.2) is 13.1 Å². The second kappa shape index (κ2) is 7.16. The molecule has 0 aliphatic heterocycles. The molecule has 7 heteroatoms. The Morgan fingerprint density at radius 3 is 2.61 bits per heavy atom. The third-order valence-corrected chi connectivity index (χ3v) is 4.69. The van der Waals surface area contributed by atoms with Crippen LogP contribution in [0.3, 0.4) is 0 Å². The molecule has 1 heterocycles. The predicted octanol–water partition coefficient (Wildman–Crippen LogP) is 2.31. The van der Waals surface area contributed by atoms with Crippen LogP contribution in [0.5, 0.6) is 5.75 Å². The van der Waals surface area contributed by atoms with Crippen LogP contribution in [0.4, 0.5) is 0 Å². The molecule has 1 unspecified atom stereocenters. The summed E-state index contributed by atoms with van der Waals surface area (Å²) < 4.78 is 38.0. The lowest BCUT2D eigenvalue weighted by Crippen LogP contribution is -2.29. The number of hydrogen-bond acceptors (Lipinski definition) is 5. The van der Waals surface area contributed by atoms with Gasteiger partial charge in [-0.3, -0.25) is 0 Å². The van der Waals surface area contributed by atoms with Gasteiger partial charge in [0.1, 0.15) is 28.3 Å². The summed E-state index contributed by atoms with van der Waals surface area (Å²) in [7, 11) is -3.81. The van der Waals surface area contributed by atoms with Gasteiger partial charge in [0.15, 0.2) is 0 Å². The molecule has 2 rings (SSSR count). The highest BCUT2D eigenvalue weighted by Gasteiger charge is 2.22. The first kappa shape index (κ1) is 17.5. The largest absolute Gasteiger partial charge is 0.492 e. The van der Waals surface area contributed by atoms with Crippen molar-refractivity contribution in [1.29, 1.82) is 0 Å². The molecule has 0 aliphatic rings. The van der Waals surface area contributed by atoms with E-state index in [1.54, 1.807) is 45.0 Å². The van der Waals surface area contributed by atoms with Crippen LogP contribution in [0.25, 0.3) is 0 Å². The Morgan fingerprint density at radius 1 is 1.26 bits per heavy atom. The number of sulfonamides is 1. The van der Waals surface area contributed by atoms with E-state index in [1.807, 2.05) is 0 Å². The van der Waals surface area contributed by atoms with Crippen molar-refractivity contribution in [3.8, 4) is 5.75 Å². The maximum atomic E-state index is 12.5. The Morgan fingerprint density at radius 2 is 2.00 bits per heavy atom. The Balaban J connectivity index is 2.17. The van der Waals surface area contributed by atoms with E-state index in [1.165, 1.54) is 6.07 Å². The molecule has 0 bridgehead atoms. The fourth-order valence-corrected chi connectivity index (χ4v) is 3.37. The molecule has 0 saturated heterocycles. The molecule has 0 saturated carbocycles. The van der Waals surface area contributed by atoms with E-state index < -0.39 is 16.1 Å². The van der Waals surface area contributed by atoms with E-state index in [0.717, 1.165) is 5.56 Å². The Hall–Kier alpha value is -1.83. The minimum atomic E-state index is -3.81. The second-order valence-electron chi connectivity index (χ2n) is 5.20. The highest BCUT2D eigenvalue weighted by Crippen LogP contribution is 2.25. The molecular formula is C16H21NO5S. The molecule has 126 valence electrons. The summed E-state index contributed by atoms with van der Waals surface area (Å²) >= 11 is 0. The van der Waals surface area contributed by atoms with Crippen molar-refractivity contribution in [2.75, 3.05) is 13.2 Å². The van der Waals surface area contributed by atoms with Gasteiger partial charge >= 0.3 is 0 Å². The van der Waals surface area contributed by atoms with Gasteiger partial charge in [-0.2, -0.15) is 0 Å². The molecule has 1 aromatic carbocycles. The zero-order valence-electron chi connectivity index (χ0n) is 13.4. The molecule has 1 atom stereocenters. The van der Waals surface area contributed by atoms with Crippen molar-refractivity contribution < 1.29 is 22.7 Å². The summed E-state index contributed by atoms with van der Waals surface area (Å²) in [4.78, 5) is 0.0576. The lowest BCUT2D eigenvalue weighted by atomic mass is 10.2. The van der Waals surface area contributed by atoms with Gasteiger partial charge in [0.05, 0.1) is 6.61 Å². The van der Waals surface area contributed by atoms with Crippen molar-refractivity contribution in [3.05, 3.63) is 47.4 Å². The molecule has 1 aromatic heterocycles. The maximum absolute atomic E-state index is 12.5. The van der Waals surface area contributed by atoms with Gasteiger partial charge in [0, 0.05) is 6.54 Å². The van der Waals surface area contributed by atoms with E-state index in [-0.39, 0.29) is 17.2 Å². The lowest BCUT2D eigenvalue weighted by molar-refractivity contribution is 0.152. The number of furan rings is 1. The summed E-state index contributed by atoms with van der Waals surface area (Å²) in [5.41, 5.74) is 0.802. The van der Waals surface area contributed by atoms with Gasteiger partial charge in [0.2, 0.25) is 10.0 Å². The molecule has 2 N–H and O–H groups in total. The summed E-state index contributed by atoms with van der Waals surface area (Å²) in [6.07, 6.45) is -1.06. The second-order valence-corrected chi connectivity index (χ2v) is 6.93. The number of aryl methyl sites for hydroxylation is 2. The van der Waals surface area contributed by atoms with Crippen molar-refractivity contribution >= 4 is 10.0 Å². The van der Waals surface area contributed by atoms with Crippen molar-refractivity contribution in [3.63, 3.8) is 0 Å². The summed E-state index contributed by atoms with van der Waals surface area (Å²) in [5.74, 6) is 1.26. The van der Waals surface area contributed by atoms with Gasteiger partial charge in [0.25, 0.3) is 0 Å². The van der Waals surface area contributed by atoms with E-state index in [9.17, 15) is 13.5 Å². The Kier molecular flexibility index (Phi) is 5.46. The van der Waals surface area contributed by atoms with E-state index in [2.05, 4.69) is 4.72 Å². The number of nitrogens with one attached hydrogen (secondary N) is 1. The molecule has 0 amide bonds. The predicted molar refractivity (Wildman–Crippen MR) is 85.9 cm³/mol. The number of benzene rings is 1. The zero-order chi connectivity index (χ0) is 17.0. The Labute approximate surface area is 136 Å². The SMILES string of the molecule is CCOc1ccc(C)cc1S(=O)(=O)NCC(O)c1ccc(C)o1. The lowest BCUT2D eigenvalue weighted by Gasteiger charge is -2.14. The standard InChI is InChI=1S/C16H21NO5S/c1-4-21-15-7-5-11(2)9-16(15)23(19,20)17-10-13(18)14-8-6-12(3)22-14/h5-9,13,17-18H,4,10H2,1-3H3. The van der Waals surface area contributed by atoms with E-state index >= 15 is 0 Å². The smallest absolute Gasteiger partial charge is 0.244 e. The van der Waals surface area contributed by atoms with Crippen molar-refractivity contribution in [2.24, 2.45) is 0 Å². The first-order valence-corrected chi connectivity index (χ1v) is 8.79. The highest BCUT2D eigenvalue weighted by molar-refractivity contribution is 7.89. The number of rotatable bonds is 7. The molecule has 0 radical (unpaired) electrons. The van der Waals surface area contributed by atoms with Crippen LogP contribution in [0.1, 0.15) is 30.1 Å². The maximum Gasteiger partial charge on any atom is 0.244 e. The topological polar surface area (TPSA) is 88.8 Å². The summed E-state index contributed by atoms with van der Waals surface area (Å²) in [6, 6.07) is 8.27. The minimum absolute atomic E-state index is 0.0576. The van der Waals surface area contributed by atoms with Gasteiger partial charge in [-0.1, -0.05) is 6.07 Å². The molecule has 6 nitrogen and oxygen atoms in total. The number of aliphatic hydroxyl groups is 1. The quantitative estimate of drug-likeness (QED) is 0.808. The molecule has 0 aliphatic carbocycles. The van der Waals surface area contributed by atoms with Gasteiger partial charge < -0.3 is 14.3 Å². The molecule has 2 aromatic rings.